The summed E-state index contributed by atoms with van der Waals surface area (Å²) in [7, 11) is 0. The number of hydrogen-bond donors (Lipinski definition) is 2. The lowest BCUT2D eigenvalue weighted by Gasteiger charge is -2.23. The van der Waals surface area contributed by atoms with Gasteiger partial charge in [-0.2, -0.15) is 0 Å². The van der Waals surface area contributed by atoms with E-state index in [1.54, 1.807) is 0 Å². The zero-order valence-electron chi connectivity index (χ0n) is 15.6. The molecule has 0 radical (unpaired) electrons. The van der Waals surface area contributed by atoms with E-state index in [4.69, 9.17) is 5.73 Å². The molecule has 1 atom stereocenters. The second-order valence-electron chi connectivity index (χ2n) is 8.41. The molecule has 1 saturated carbocycles. The Hall–Kier alpha value is -1.35. The molecule has 1 aromatic carbocycles. The summed E-state index contributed by atoms with van der Waals surface area (Å²) >= 11 is 0. The maximum absolute atomic E-state index is 12.1. The minimum atomic E-state index is -0.489. The van der Waals surface area contributed by atoms with Crippen LogP contribution in [0.15, 0.2) is 24.3 Å². The smallest absolute Gasteiger partial charge is 0.237 e. The van der Waals surface area contributed by atoms with Gasteiger partial charge in [0.25, 0.3) is 0 Å². The number of carbonyl (C=O) groups is 1. The molecular weight excluding hydrogens is 296 g/mol. The van der Waals surface area contributed by atoms with Gasteiger partial charge in [0.2, 0.25) is 5.91 Å². The average Bonchev–Trinajstić information content (AvgIpc) is 2.53. The van der Waals surface area contributed by atoms with E-state index in [9.17, 15) is 4.79 Å². The van der Waals surface area contributed by atoms with Crippen molar-refractivity contribution in [3.8, 4) is 0 Å². The Bertz CT molecular complexity index is 510. The molecule has 3 N–H and O–H groups in total. The third kappa shape index (κ3) is 6.64. The first-order valence-corrected chi connectivity index (χ1v) is 9.49. The Labute approximate surface area is 147 Å². The van der Waals surface area contributed by atoms with Gasteiger partial charge in [0.05, 0.1) is 6.04 Å². The first kappa shape index (κ1) is 19.0. The topological polar surface area (TPSA) is 55.1 Å². The molecule has 0 spiro atoms. The zero-order chi connectivity index (χ0) is 17.6. The van der Waals surface area contributed by atoms with Crippen LogP contribution in [0.1, 0.15) is 70.4 Å². The fourth-order valence-electron chi connectivity index (χ4n) is 3.50. The van der Waals surface area contributed by atoms with Gasteiger partial charge in [-0.1, -0.05) is 56.4 Å². The summed E-state index contributed by atoms with van der Waals surface area (Å²) in [6, 6.07) is 8.16. The van der Waals surface area contributed by atoms with Crippen LogP contribution in [0.4, 0.5) is 0 Å². The van der Waals surface area contributed by atoms with Gasteiger partial charge in [-0.25, -0.2) is 0 Å². The van der Waals surface area contributed by atoms with E-state index in [1.807, 2.05) is 20.8 Å². The van der Waals surface area contributed by atoms with E-state index in [-0.39, 0.29) is 11.4 Å². The zero-order valence-corrected chi connectivity index (χ0v) is 15.6. The van der Waals surface area contributed by atoms with Crippen LogP contribution in [0, 0.1) is 5.92 Å². The summed E-state index contributed by atoms with van der Waals surface area (Å²) < 4.78 is 0. The molecule has 0 saturated heterocycles. The molecule has 134 valence electrons. The van der Waals surface area contributed by atoms with Crippen LogP contribution in [0.25, 0.3) is 0 Å². The maximum atomic E-state index is 12.1. The SMILES string of the molecule is CC(C)(C)NC(=O)C(N)Cc1ccc(CCC2CCCCC2)cc1. The average molecular weight is 331 g/mol. The van der Waals surface area contributed by atoms with Crippen LogP contribution >= 0.6 is 0 Å². The van der Waals surface area contributed by atoms with Crippen molar-refractivity contribution in [3.63, 3.8) is 0 Å². The number of benzene rings is 1. The third-order valence-corrected chi connectivity index (χ3v) is 4.88. The van der Waals surface area contributed by atoms with Crippen LogP contribution < -0.4 is 11.1 Å². The summed E-state index contributed by atoms with van der Waals surface area (Å²) in [6.45, 7) is 5.91. The van der Waals surface area contributed by atoms with Gasteiger partial charge in [-0.05, 0) is 57.1 Å². The Morgan fingerprint density at radius 2 is 1.71 bits per heavy atom. The van der Waals surface area contributed by atoms with Crippen molar-refractivity contribution < 1.29 is 4.79 Å². The van der Waals surface area contributed by atoms with E-state index in [0.717, 1.165) is 11.5 Å². The molecular formula is C21H34N2O. The van der Waals surface area contributed by atoms with Crippen LogP contribution in [0.2, 0.25) is 0 Å². The van der Waals surface area contributed by atoms with Crippen molar-refractivity contribution in [3.05, 3.63) is 35.4 Å². The van der Waals surface area contributed by atoms with Gasteiger partial charge in [-0.15, -0.1) is 0 Å². The molecule has 1 aliphatic rings. The van der Waals surface area contributed by atoms with Gasteiger partial charge in [0, 0.05) is 5.54 Å². The molecule has 1 aromatic rings. The monoisotopic (exact) mass is 330 g/mol. The lowest BCUT2D eigenvalue weighted by atomic mass is 9.85. The highest BCUT2D eigenvalue weighted by atomic mass is 16.2. The Morgan fingerprint density at radius 3 is 2.29 bits per heavy atom. The van der Waals surface area contributed by atoms with Crippen molar-refractivity contribution in [1.82, 2.24) is 5.32 Å². The summed E-state index contributed by atoms with van der Waals surface area (Å²) in [5.41, 5.74) is 8.33. The van der Waals surface area contributed by atoms with Crippen molar-refractivity contribution in [2.45, 2.75) is 83.7 Å². The minimum absolute atomic E-state index is 0.0797. The number of amides is 1. The first-order valence-electron chi connectivity index (χ1n) is 9.49. The molecule has 2 rings (SSSR count). The number of aryl methyl sites for hydroxylation is 1. The highest BCUT2D eigenvalue weighted by molar-refractivity contribution is 5.82. The van der Waals surface area contributed by atoms with Gasteiger partial charge in [0.15, 0.2) is 0 Å². The fourth-order valence-corrected chi connectivity index (χ4v) is 3.50. The maximum Gasteiger partial charge on any atom is 0.237 e. The minimum Gasteiger partial charge on any atom is -0.350 e. The molecule has 3 nitrogen and oxygen atoms in total. The second-order valence-corrected chi connectivity index (χ2v) is 8.41. The number of nitrogens with one attached hydrogen (secondary N) is 1. The van der Waals surface area contributed by atoms with Crippen LogP contribution in [0.3, 0.4) is 0 Å². The molecule has 1 fully saturated rings. The summed E-state index contributed by atoms with van der Waals surface area (Å²) in [6.07, 6.45) is 10.1. The van der Waals surface area contributed by atoms with Crippen molar-refractivity contribution in [2.24, 2.45) is 11.7 Å². The number of hydrogen-bond acceptors (Lipinski definition) is 2. The van der Waals surface area contributed by atoms with E-state index in [0.29, 0.717) is 6.42 Å². The molecule has 1 unspecified atom stereocenters. The Morgan fingerprint density at radius 1 is 1.12 bits per heavy atom. The van der Waals surface area contributed by atoms with Gasteiger partial charge < -0.3 is 11.1 Å². The molecule has 0 aromatic heterocycles. The van der Waals surface area contributed by atoms with Crippen molar-refractivity contribution in [2.75, 3.05) is 0 Å². The van der Waals surface area contributed by atoms with Gasteiger partial charge in [-0.3, -0.25) is 4.79 Å². The molecule has 1 aliphatic carbocycles. The Kier molecular flexibility index (Phi) is 6.85. The van der Waals surface area contributed by atoms with Crippen LogP contribution in [-0.2, 0) is 17.6 Å². The standard InChI is InChI=1S/C21H34N2O/c1-21(2,3)23-20(24)19(22)15-18-13-11-17(12-14-18)10-9-16-7-5-4-6-8-16/h11-14,16,19H,4-10,15,22H2,1-3H3,(H,23,24). The third-order valence-electron chi connectivity index (χ3n) is 4.88. The molecule has 0 heterocycles. The predicted octanol–water partition coefficient (Wildman–Crippen LogP) is 3.98. The number of carbonyl (C=O) groups excluding carboxylic acids is 1. The molecule has 3 heteroatoms. The molecule has 0 bridgehead atoms. The van der Waals surface area contributed by atoms with E-state index >= 15 is 0 Å². The molecule has 24 heavy (non-hydrogen) atoms. The summed E-state index contributed by atoms with van der Waals surface area (Å²) in [5, 5.41) is 2.94. The fraction of sp³-hybridized carbons (Fsp3) is 0.667. The largest absolute Gasteiger partial charge is 0.350 e. The second kappa shape index (κ2) is 8.66. The molecule has 1 amide bonds. The van der Waals surface area contributed by atoms with E-state index < -0.39 is 6.04 Å². The predicted molar refractivity (Wildman–Crippen MR) is 101 cm³/mol. The van der Waals surface area contributed by atoms with Gasteiger partial charge >= 0.3 is 0 Å². The lowest BCUT2D eigenvalue weighted by Crippen LogP contribution is -2.49. The Balaban J connectivity index is 1.79. The van der Waals surface area contributed by atoms with Crippen molar-refractivity contribution >= 4 is 5.91 Å². The van der Waals surface area contributed by atoms with Crippen LogP contribution in [-0.4, -0.2) is 17.5 Å². The van der Waals surface area contributed by atoms with E-state index in [2.05, 4.69) is 29.6 Å². The highest BCUT2D eigenvalue weighted by Crippen LogP contribution is 2.27. The number of rotatable bonds is 6. The van der Waals surface area contributed by atoms with Crippen molar-refractivity contribution in [1.29, 1.82) is 0 Å². The summed E-state index contributed by atoms with van der Waals surface area (Å²) in [4.78, 5) is 12.1. The molecule has 0 aliphatic heterocycles. The number of nitrogens with two attached hydrogens (primary N) is 1. The van der Waals surface area contributed by atoms with Crippen LogP contribution in [0.5, 0.6) is 0 Å². The van der Waals surface area contributed by atoms with E-state index in [1.165, 1.54) is 50.5 Å². The quantitative estimate of drug-likeness (QED) is 0.829. The van der Waals surface area contributed by atoms with Gasteiger partial charge in [0.1, 0.15) is 0 Å². The lowest BCUT2D eigenvalue weighted by molar-refractivity contribution is -0.123. The first-order chi connectivity index (χ1) is 11.3. The normalized spacial score (nSPS) is 17.5. The summed E-state index contributed by atoms with van der Waals surface area (Å²) in [5.74, 6) is 0.844. The highest BCUT2D eigenvalue weighted by Gasteiger charge is 2.20.